The van der Waals surface area contributed by atoms with Crippen LogP contribution >= 0.6 is 0 Å². The zero-order chi connectivity index (χ0) is 22.5. The van der Waals surface area contributed by atoms with E-state index >= 15 is 0 Å². The van der Waals surface area contributed by atoms with Gasteiger partial charge in [-0.15, -0.1) is 10.2 Å². The molecule has 7 rings (SSSR count). The molecule has 0 amide bonds. The van der Waals surface area contributed by atoms with Crippen molar-refractivity contribution in [3.8, 4) is 0 Å². The molecule has 8 heteroatoms. The first-order valence-corrected chi connectivity index (χ1v) is 12.5. The highest BCUT2D eigenvalue weighted by molar-refractivity contribution is 5.73. The summed E-state index contributed by atoms with van der Waals surface area (Å²) in [5, 5.41) is 16.7. The molecule has 5 saturated carbocycles. The summed E-state index contributed by atoms with van der Waals surface area (Å²) in [7, 11) is 0. The van der Waals surface area contributed by atoms with Crippen LogP contribution in [0.4, 0.5) is 13.2 Å². The fraction of sp³-hybridized carbons (Fsp3) is 0.875. The number of aromatic nitrogens is 3. The minimum Gasteiger partial charge on any atom is -0.475 e. The lowest BCUT2D eigenvalue weighted by molar-refractivity contribution is -0.192. The predicted octanol–water partition coefficient (Wildman–Crippen LogP) is 5.52. The van der Waals surface area contributed by atoms with Crippen LogP contribution in [0.15, 0.2) is 0 Å². The van der Waals surface area contributed by atoms with E-state index in [9.17, 15) is 13.2 Å². The Hall–Kier alpha value is -1.60. The Morgan fingerprint density at radius 1 is 0.906 bits per heavy atom. The lowest BCUT2D eigenvalue weighted by Crippen LogP contribution is -2.50. The number of carbonyl (C=O) groups is 1. The molecule has 5 fully saturated rings. The third-order valence-corrected chi connectivity index (χ3v) is 9.05. The van der Waals surface area contributed by atoms with Crippen molar-refractivity contribution in [3.63, 3.8) is 0 Å². The van der Waals surface area contributed by atoms with Gasteiger partial charge in [-0.2, -0.15) is 13.2 Å². The molecule has 0 aromatic carbocycles. The second-order valence-corrected chi connectivity index (χ2v) is 11.2. The van der Waals surface area contributed by atoms with Gasteiger partial charge in [-0.05, 0) is 74.5 Å². The number of fused-ring (bicyclic) bond motifs is 1. The van der Waals surface area contributed by atoms with E-state index in [-0.39, 0.29) is 0 Å². The van der Waals surface area contributed by atoms with Crippen molar-refractivity contribution in [2.24, 2.45) is 29.6 Å². The van der Waals surface area contributed by atoms with E-state index in [0.29, 0.717) is 5.41 Å². The molecule has 32 heavy (non-hydrogen) atoms. The summed E-state index contributed by atoms with van der Waals surface area (Å²) < 4.78 is 34.4. The van der Waals surface area contributed by atoms with Gasteiger partial charge in [0, 0.05) is 18.4 Å². The molecule has 2 heterocycles. The smallest absolute Gasteiger partial charge is 0.475 e. The summed E-state index contributed by atoms with van der Waals surface area (Å²) in [5.74, 6) is 4.86. The van der Waals surface area contributed by atoms with Crippen molar-refractivity contribution in [3.05, 3.63) is 11.6 Å². The molecule has 1 aromatic rings. The van der Waals surface area contributed by atoms with Crippen LogP contribution in [0, 0.1) is 29.6 Å². The van der Waals surface area contributed by atoms with Crippen molar-refractivity contribution >= 4 is 5.97 Å². The molecule has 0 spiro atoms. The first-order valence-electron chi connectivity index (χ1n) is 12.5. The van der Waals surface area contributed by atoms with Crippen LogP contribution in [0.3, 0.4) is 0 Å². The quantitative estimate of drug-likeness (QED) is 0.640. The van der Waals surface area contributed by atoms with Gasteiger partial charge in [0.1, 0.15) is 11.6 Å². The van der Waals surface area contributed by atoms with Gasteiger partial charge in [0.25, 0.3) is 0 Å². The van der Waals surface area contributed by atoms with E-state index in [1.807, 2.05) is 0 Å². The maximum atomic E-state index is 10.6. The van der Waals surface area contributed by atoms with E-state index in [1.54, 1.807) is 0 Å². The maximum absolute atomic E-state index is 10.6. The SMILES string of the molecule is C1CCC(C2CCc3nnc(C45CC6CC(CC(C6)C4)C5)n3C2)CC1.O=C(O)C(F)(F)F. The summed E-state index contributed by atoms with van der Waals surface area (Å²) in [6, 6.07) is 0. The number of carboxylic acids is 1. The molecule has 0 radical (unpaired) electrons. The van der Waals surface area contributed by atoms with Gasteiger partial charge in [0.05, 0.1) is 0 Å². The topological polar surface area (TPSA) is 68.0 Å². The maximum Gasteiger partial charge on any atom is 0.490 e. The van der Waals surface area contributed by atoms with E-state index in [1.165, 1.54) is 102 Å². The van der Waals surface area contributed by atoms with Crippen LogP contribution in [0.25, 0.3) is 0 Å². The lowest BCUT2D eigenvalue weighted by Gasteiger charge is -2.56. The summed E-state index contributed by atoms with van der Waals surface area (Å²) >= 11 is 0. The first kappa shape index (κ1) is 22.2. The second-order valence-electron chi connectivity index (χ2n) is 11.2. The largest absolute Gasteiger partial charge is 0.490 e. The van der Waals surface area contributed by atoms with Gasteiger partial charge in [0.15, 0.2) is 0 Å². The Kier molecular flexibility index (Phi) is 5.77. The molecular formula is C24H34F3N3O2. The number of hydrogen-bond donors (Lipinski definition) is 1. The average molecular weight is 454 g/mol. The zero-order valence-corrected chi connectivity index (χ0v) is 18.6. The molecule has 4 bridgehead atoms. The number of aryl methyl sites for hydroxylation is 1. The highest BCUT2D eigenvalue weighted by Crippen LogP contribution is 2.60. The van der Waals surface area contributed by atoms with E-state index in [2.05, 4.69) is 4.57 Å². The van der Waals surface area contributed by atoms with Crippen molar-refractivity contribution in [1.82, 2.24) is 14.8 Å². The number of hydrogen-bond acceptors (Lipinski definition) is 3. The molecule has 0 saturated heterocycles. The minimum atomic E-state index is -5.08. The third-order valence-electron chi connectivity index (χ3n) is 9.05. The summed E-state index contributed by atoms with van der Waals surface area (Å²) in [6.45, 7) is 1.24. The predicted molar refractivity (Wildman–Crippen MR) is 112 cm³/mol. The average Bonchev–Trinajstić information content (AvgIpc) is 3.17. The Bertz CT molecular complexity index is 809. The van der Waals surface area contributed by atoms with Crippen molar-refractivity contribution in [2.75, 3.05) is 0 Å². The Labute approximate surface area is 187 Å². The molecular weight excluding hydrogens is 419 g/mol. The number of aliphatic carboxylic acids is 1. The standard InChI is InChI=1S/C22H33N3.C2HF3O2/c1-2-4-18(5-3-1)19-6-7-20-23-24-21(25(20)14-19)22-11-15-8-16(12-22)10-17(9-15)13-22;3-2(4,5)1(6)7/h15-19H,1-14H2;(H,6,7). The lowest BCUT2D eigenvalue weighted by atomic mass is 9.49. The Balaban J connectivity index is 0.000000272. The fourth-order valence-electron chi connectivity index (χ4n) is 8.12. The van der Waals surface area contributed by atoms with Gasteiger partial charge >= 0.3 is 12.1 Å². The molecule has 178 valence electrons. The normalized spacial score (nSPS) is 36.3. The van der Waals surface area contributed by atoms with Gasteiger partial charge in [0.2, 0.25) is 0 Å². The van der Waals surface area contributed by atoms with Crippen LogP contribution in [-0.4, -0.2) is 32.0 Å². The molecule has 1 N–H and O–H groups in total. The monoisotopic (exact) mass is 453 g/mol. The van der Waals surface area contributed by atoms with Crippen LogP contribution in [-0.2, 0) is 23.2 Å². The van der Waals surface area contributed by atoms with Crippen molar-refractivity contribution < 1.29 is 23.1 Å². The number of alkyl halides is 3. The third kappa shape index (κ3) is 4.18. The first-order chi connectivity index (χ1) is 15.2. The van der Waals surface area contributed by atoms with Crippen LogP contribution < -0.4 is 0 Å². The molecule has 1 aliphatic heterocycles. The Morgan fingerprint density at radius 2 is 1.47 bits per heavy atom. The number of nitrogens with zero attached hydrogens (tertiary/aromatic N) is 3. The van der Waals surface area contributed by atoms with Crippen LogP contribution in [0.1, 0.15) is 88.7 Å². The van der Waals surface area contributed by atoms with Gasteiger partial charge in [-0.3, -0.25) is 0 Å². The molecule has 5 aliphatic carbocycles. The highest BCUT2D eigenvalue weighted by Gasteiger charge is 2.54. The van der Waals surface area contributed by atoms with Crippen molar-refractivity contribution in [2.45, 2.75) is 102 Å². The molecule has 1 unspecified atom stereocenters. The number of carboxylic acid groups (broad SMARTS) is 1. The van der Waals surface area contributed by atoms with E-state index in [4.69, 9.17) is 20.1 Å². The number of halogens is 3. The molecule has 1 aromatic heterocycles. The number of rotatable bonds is 2. The molecule has 5 nitrogen and oxygen atoms in total. The molecule has 1 atom stereocenters. The van der Waals surface area contributed by atoms with E-state index in [0.717, 1.165) is 29.6 Å². The van der Waals surface area contributed by atoms with E-state index < -0.39 is 12.1 Å². The summed E-state index contributed by atoms with van der Waals surface area (Å²) in [4.78, 5) is 8.90. The second kappa shape index (κ2) is 8.32. The van der Waals surface area contributed by atoms with Crippen LogP contribution in [0.2, 0.25) is 0 Å². The van der Waals surface area contributed by atoms with Gasteiger partial charge < -0.3 is 9.67 Å². The Morgan fingerprint density at radius 3 is 2.00 bits per heavy atom. The molecule has 6 aliphatic rings. The van der Waals surface area contributed by atoms with Gasteiger partial charge in [-0.25, -0.2) is 4.79 Å². The minimum absolute atomic E-state index is 0.411. The summed E-state index contributed by atoms with van der Waals surface area (Å²) in [6.07, 6.45) is 13.7. The van der Waals surface area contributed by atoms with Gasteiger partial charge in [-0.1, -0.05) is 32.1 Å². The fourth-order valence-corrected chi connectivity index (χ4v) is 8.12. The highest BCUT2D eigenvalue weighted by atomic mass is 19.4. The zero-order valence-electron chi connectivity index (χ0n) is 18.6. The van der Waals surface area contributed by atoms with Crippen molar-refractivity contribution in [1.29, 1.82) is 0 Å². The van der Waals surface area contributed by atoms with Crippen LogP contribution in [0.5, 0.6) is 0 Å². The summed E-state index contributed by atoms with van der Waals surface area (Å²) in [5.41, 5.74) is 0.411.